The van der Waals surface area contributed by atoms with Crippen LogP contribution < -0.4 is 15.5 Å². The van der Waals surface area contributed by atoms with Gasteiger partial charge in [-0.3, -0.25) is 4.79 Å². The Morgan fingerprint density at radius 2 is 2.06 bits per heavy atom. The third-order valence-electron chi connectivity index (χ3n) is 6.37. The summed E-state index contributed by atoms with van der Waals surface area (Å²) in [7, 11) is 0. The average Bonchev–Trinajstić information content (AvgIpc) is 3.54. The van der Waals surface area contributed by atoms with Crippen LogP contribution in [0.4, 0.5) is 5.82 Å². The molecule has 0 saturated carbocycles. The molecule has 1 fully saturated rings. The Bertz CT molecular complexity index is 1510. The average molecular weight is 484 g/mol. The highest BCUT2D eigenvalue weighted by Gasteiger charge is 2.27. The summed E-state index contributed by atoms with van der Waals surface area (Å²) < 4.78 is 3.09. The SMILES string of the molecule is Cc1ccc(-n2cc3c(N4CCN[C@H](C(=O)NCc5ccc6sccc6c5)C4)ncnc3n2)cc1. The third-order valence-corrected chi connectivity index (χ3v) is 7.27. The van der Waals surface area contributed by atoms with Crippen molar-refractivity contribution in [1.82, 2.24) is 30.4 Å². The van der Waals surface area contributed by atoms with Crippen LogP contribution in [0.1, 0.15) is 11.1 Å². The van der Waals surface area contributed by atoms with Crippen LogP contribution in [-0.2, 0) is 11.3 Å². The molecule has 3 aromatic heterocycles. The minimum Gasteiger partial charge on any atom is -0.353 e. The molecule has 1 aliphatic rings. The molecule has 0 aliphatic carbocycles. The van der Waals surface area contributed by atoms with Crippen LogP contribution in [0.3, 0.4) is 0 Å². The van der Waals surface area contributed by atoms with Crippen LogP contribution in [0, 0.1) is 6.92 Å². The van der Waals surface area contributed by atoms with E-state index >= 15 is 0 Å². The number of piperazine rings is 1. The molecule has 4 heterocycles. The second kappa shape index (κ2) is 9.09. The van der Waals surface area contributed by atoms with Crippen LogP contribution >= 0.6 is 11.3 Å². The number of carbonyl (C=O) groups excluding carboxylic acids is 1. The number of carbonyl (C=O) groups is 1. The van der Waals surface area contributed by atoms with Crippen molar-refractivity contribution in [2.75, 3.05) is 24.5 Å². The van der Waals surface area contributed by atoms with E-state index in [4.69, 9.17) is 0 Å². The van der Waals surface area contributed by atoms with E-state index in [0.29, 0.717) is 25.3 Å². The first kappa shape index (κ1) is 21.7. The molecule has 1 aliphatic heterocycles. The van der Waals surface area contributed by atoms with E-state index in [1.54, 1.807) is 17.7 Å². The van der Waals surface area contributed by atoms with Crippen LogP contribution in [0.25, 0.3) is 26.8 Å². The maximum absolute atomic E-state index is 13.0. The summed E-state index contributed by atoms with van der Waals surface area (Å²) in [5.41, 5.74) is 3.90. The predicted octanol–water partition coefficient (Wildman–Crippen LogP) is 3.43. The van der Waals surface area contributed by atoms with Gasteiger partial charge < -0.3 is 15.5 Å². The number of fused-ring (bicyclic) bond motifs is 2. The summed E-state index contributed by atoms with van der Waals surface area (Å²) in [6.07, 6.45) is 3.51. The van der Waals surface area contributed by atoms with E-state index in [9.17, 15) is 4.79 Å². The summed E-state index contributed by atoms with van der Waals surface area (Å²) in [6, 6.07) is 16.3. The number of hydrogen-bond donors (Lipinski definition) is 2. The van der Waals surface area contributed by atoms with Crippen molar-refractivity contribution in [3.63, 3.8) is 0 Å². The standard InChI is InChI=1S/C26H25N7OS/c1-17-2-5-20(6-3-17)33-14-21-24(31-33)29-16-30-25(21)32-10-9-27-22(15-32)26(34)28-13-18-4-7-23-19(12-18)8-11-35-23/h2-8,11-12,14,16,22,27H,9-10,13,15H2,1H3,(H,28,34)/t22-/m0/s1. The first-order valence-corrected chi connectivity index (χ1v) is 12.5. The topological polar surface area (TPSA) is 88.0 Å². The van der Waals surface area contributed by atoms with Gasteiger partial charge in [-0.15, -0.1) is 16.4 Å². The van der Waals surface area contributed by atoms with Crippen LogP contribution in [0.15, 0.2) is 66.4 Å². The molecule has 8 nitrogen and oxygen atoms in total. The normalized spacial score (nSPS) is 16.1. The van der Waals surface area contributed by atoms with Crippen molar-refractivity contribution in [3.05, 3.63) is 77.6 Å². The van der Waals surface area contributed by atoms with Gasteiger partial charge in [-0.2, -0.15) is 0 Å². The van der Waals surface area contributed by atoms with Crippen LogP contribution in [-0.4, -0.2) is 51.3 Å². The Hall–Kier alpha value is -3.82. The maximum Gasteiger partial charge on any atom is 0.239 e. The summed E-state index contributed by atoms with van der Waals surface area (Å²) in [5, 5.41) is 15.3. The molecular weight excluding hydrogens is 458 g/mol. The molecule has 9 heteroatoms. The number of nitrogens with zero attached hydrogens (tertiary/aromatic N) is 5. The van der Waals surface area contributed by atoms with Crippen molar-refractivity contribution in [2.24, 2.45) is 0 Å². The van der Waals surface area contributed by atoms with Gasteiger partial charge in [-0.05, 0) is 53.6 Å². The molecule has 2 N–H and O–H groups in total. The van der Waals surface area contributed by atoms with Crippen molar-refractivity contribution in [3.8, 4) is 5.69 Å². The molecule has 1 saturated heterocycles. The zero-order valence-electron chi connectivity index (χ0n) is 19.3. The van der Waals surface area contributed by atoms with Gasteiger partial charge in [0.05, 0.1) is 11.1 Å². The number of nitrogens with one attached hydrogen (secondary N) is 2. The second-order valence-corrected chi connectivity index (χ2v) is 9.75. The highest BCUT2D eigenvalue weighted by atomic mass is 32.1. The molecule has 176 valence electrons. The molecule has 0 spiro atoms. The van der Waals surface area contributed by atoms with E-state index in [1.165, 1.54) is 15.6 Å². The van der Waals surface area contributed by atoms with Crippen molar-refractivity contribution in [1.29, 1.82) is 0 Å². The number of aryl methyl sites for hydroxylation is 1. The van der Waals surface area contributed by atoms with Gasteiger partial charge in [-0.1, -0.05) is 23.8 Å². The number of hydrogen-bond acceptors (Lipinski definition) is 7. The number of amides is 1. The smallest absolute Gasteiger partial charge is 0.239 e. The fourth-order valence-electron chi connectivity index (χ4n) is 4.46. The van der Waals surface area contributed by atoms with Gasteiger partial charge in [0.1, 0.15) is 18.2 Å². The zero-order valence-corrected chi connectivity index (χ0v) is 20.1. The van der Waals surface area contributed by atoms with Crippen molar-refractivity contribution >= 4 is 44.2 Å². The Labute approximate surface area is 206 Å². The number of aromatic nitrogens is 4. The molecule has 0 radical (unpaired) electrons. The predicted molar refractivity (Wildman–Crippen MR) is 139 cm³/mol. The van der Waals surface area contributed by atoms with Gasteiger partial charge in [0.15, 0.2) is 5.65 Å². The molecule has 1 atom stereocenters. The molecule has 0 unspecified atom stereocenters. The highest BCUT2D eigenvalue weighted by molar-refractivity contribution is 7.17. The Balaban J connectivity index is 1.18. The Kier molecular flexibility index (Phi) is 5.63. The molecule has 35 heavy (non-hydrogen) atoms. The number of anilines is 1. The monoisotopic (exact) mass is 483 g/mol. The zero-order chi connectivity index (χ0) is 23.8. The van der Waals surface area contributed by atoms with E-state index in [2.05, 4.69) is 79.3 Å². The fraction of sp³-hybridized carbons (Fsp3) is 0.231. The minimum atomic E-state index is -0.328. The highest BCUT2D eigenvalue weighted by Crippen LogP contribution is 2.25. The van der Waals surface area contributed by atoms with Crippen LogP contribution in [0.5, 0.6) is 0 Å². The van der Waals surface area contributed by atoms with E-state index < -0.39 is 0 Å². The summed E-state index contributed by atoms with van der Waals surface area (Å²) in [4.78, 5) is 24.1. The van der Waals surface area contributed by atoms with Gasteiger partial charge in [0.25, 0.3) is 0 Å². The van der Waals surface area contributed by atoms with Crippen LogP contribution in [0.2, 0.25) is 0 Å². The van der Waals surface area contributed by atoms with E-state index in [1.807, 2.05) is 23.0 Å². The fourth-order valence-corrected chi connectivity index (χ4v) is 5.23. The lowest BCUT2D eigenvalue weighted by Crippen LogP contribution is -2.57. The minimum absolute atomic E-state index is 0.0132. The lowest BCUT2D eigenvalue weighted by atomic mass is 10.1. The maximum atomic E-state index is 13.0. The first-order valence-electron chi connectivity index (χ1n) is 11.6. The lowest BCUT2D eigenvalue weighted by molar-refractivity contribution is -0.123. The van der Waals surface area contributed by atoms with E-state index in [-0.39, 0.29) is 11.9 Å². The lowest BCUT2D eigenvalue weighted by Gasteiger charge is -2.33. The summed E-state index contributed by atoms with van der Waals surface area (Å²) in [6.45, 7) is 4.53. The van der Waals surface area contributed by atoms with Gasteiger partial charge in [-0.25, -0.2) is 14.6 Å². The quantitative estimate of drug-likeness (QED) is 0.398. The van der Waals surface area contributed by atoms with Gasteiger partial charge in [0.2, 0.25) is 5.91 Å². The van der Waals surface area contributed by atoms with Crippen molar-refractivity contribution < 1.29 is 4.79 Å². The first-order chi connectivity index (χ1) is 17.1. The summed E-state index contributed by atoms with van der Waals surface area (Å²) in [5.74, 6) is 0.788. The summed E-state index contributed by atoms with van der Waals surface area (Å²) >= 11 is 1.72. The van der Waals surface area contributed by atoms with E-state index in [0.717, 1.165) is 29.0 Å². The van der Waals surface area contributed by atoms with Crippen molar-refractivity contribution in [2.45, 2.75) is 19.5 Å². The molecule has 2 aromatic carbocycles. The van der Waals surface area contributed by atoms with Gasteiger partial charge >= 0.3 is 0 Å². The number of benzene rings is 2. The molecule has 5 aromatic rings. The largest absolute Gasteiger partial charge is 0.353 e. The number of rotatable bonds is 5. The number of thiophene rings is 1. The molecule has 0 bridgehead atoms. The molecule has 6 rings (SSSR count). The Morgan fingerprint density at radius 1 is 1.17 bits per heavy atom. The molecular formula is C26H25N7OS. The Morgan fingerprint density at radius 3 is 2.94 bits per heavy atom. The molecule has 1 amide bonds. The van der Waals surface area contributed by atoms with Gasteiger partial charge in [0, 0.05) is 37.1 Å². The third kappa shape index (κ3) is 4.36. The second-order valence-electron chi connectivity index (χ2n) is 8.81.